The van der Waals surface area contributed by atoms with Crippen molar-refractivity contribution >= 4 is 0 Å². The lowest BCUT2D eigenvalue weighted by molar-refractivity contribution is 0.307. The SMILES string of the molecule is CCCC1CCC(c2cc(F)c(C3CCC(c4cc(F)c(F)c(F)c4)CC3)c(F)c2)CC1. The van der Waals surface area contributed by atoms with Gasteiger partial charge in [0.2, 0.25) is 0 Å². The summed E-state index contributed by atoms with van der Waals surface area (Å²) in [6, 6.07) is 5.13. The topological polar surface area (TPSA) is 0 Å². The standard InChI is InChI=1S/C27H31F5/c1-2-3-16-4-6-17(7-5-16)20-12-22(28)26(23(29)13-20)19-10-8-18(9-11-19)21-14-24(30)27(32)25(31)15-21/h12-19H,2-11H2,1H3. The van der Waals surface area contributed by atoms with Crippen LogP contribution in [0.3, 0.4) is 0 Å². The summed E-state index contributed by atoms with van der Waals surface area (Å²) in [5, 5.41) is 0. The zero-order chi connectivity index (χ0) is 22.8. The Kier molecular flexibility index (Phi) is 7.21. The van der Waals surface area contributed by atoms with Crippen molar-refractivity contribution in [3.05, 3.63) is 70.0 Å². The zero-order valence-electron chi connectivity index (χ0n) is 18.6. The molecule has 0 amide bonds. The van der Waals surface area contributed by atoms with Gasteiger partial charge in [-0.15, -0.1) is 0 Å². The Labute approximate surface area is 187 Å². The molecule has 2 aromatic rings. The van der Waals surface area contributed by atoms with Gasteiger partial charge in [-0.1, -0.05) is 19.8 Å². The number of rotatable bonds is 5. The van der Waals surface area contributed by atoms with E-state index in [4.69, 9.17) is 0 Å². The minimum Gasteiger partial charge on any atom is -0.207 e. The third kappa shape index (κ3) is 4.87. The maximum absolute atomic E-state index is 15.0. The Bertz CT molecular complexity index is 891. The van der Waals surface area contributed by atoms with Crippen LogP contribution in [0.4, 0.5) is 22.0 Å². The molecule has 4 rings (SSSR count). The summed E-state index contributed by atoms with van der Waals surface area (Å²) in [5.41, 5.74) is 1.32. The molecule has 2 aromatic carbocycles. The highest BCUT2D eigenvalue weighted by Crippen LogP contribution is 2.44. The lowest BCUT2D eigenvalue weighted by Gasteiger charge is -2.31. The van der Waals surface area contributed by atoms with E-state index < -0.39 is 29.1 Å². The molecule has 5 heteroatoms. The van der Waals surface area contributed by atoms with Gasteiger partial charge >= 0.3 is 0 Å². The zero-order valence-corrected chi connectivity index (χ0v) is 18.6. The second kappa shape index (κ2) is 9.93. The van der Waals surface area contributed by atoms with Crippen LogP contribution in [-0.2, 0) is 0 Å². The molecular weight excluding hydrogens is 419 g/mol. The van der Waals surface area contributed by atoms with Crippen LogP contribution in [0.15, 0.2) is 24.3 Å². The molecule has 2 fully saturated rings. The number of hydrogen-bond donors (Lipinski definition) is 0. The molecule has 0 nitrogen and oxygen atoms in total. The second-order valence-corrected chi connectivity index (χ2v) is 9.75. The smallest absolute Gasteiger partial charge is 0.194 e. The summed E-state index contributed by atoms with van der Waals surface area (Å²) in [6.07, 6.45) is 8.79. The first kappa shape index (κ1) is 23.3. The van der Waals surface area contributed by atoms with Crippen molar-refractivity contribution in [1.29, 1.82) is 0 Å². The van der Waals surface area contributed by atoms with Gasteiger partial charge in [-0.05, 0) is 110 Å². The normalized spacial score (nSPS) is 26.3. The maximum atomic E-state index is 15.0. The summed E-state index contributed by atoms with van der Waals surface area (Å²) in [7, 11) is 0. The lowest BCUT2D eigenvalue weighted by Crippen LogP contribution is -2.17. The number of hydrogen-bond acceptors (Lipinski definition) is 0. The fourth-order valence-electron chi connectivity index (χ4n) is 5.95. The molecule has 0 aromatic heterocycles. The highest BCUT2D eigenvalue weighted by molar-refractivity contribution is 5.32. The first-order valence-corrected chi connectivity index (χ1v) is 12.0. The van der Waals surface area contributed by atoms with Crippen molar-refractivity contribution in [2.45, 2.75) is 88.9 Å². The van der Waals surface area contributed by atoms with Crippen LogP contribution in [0.1, 0.15) is 106 Å². The fraction of sp³-hybridized carbons (Fsp3) is 0.556. The largest absolute Gasteiger partial charge is 0.207 e. The molecule has 0 heterocycles. The van der Waals surface area contributed by atoms with Crippen LogP contribution in [0.2, 0.25) is 0 Å². The molecule has 0 radical (unpaired) electrons. The van der Waals surface area contributed by atoms with Gasteiger partial charge in [-0.2, -0.15) is 0 Å². The molecule has 2 aliphatic carbocycles. The van der Waals surface area contributed by atoms with E-state index in [0.717, 1.165) is 49.3 Å². The van der Waals surface area contributed by atoms with Crippen molar-refractivity contribution in [1.82, 2.24) is 0 Å². The number of benzene rings is 2. The predicted octanol–water partition coefficient (Wildman–Crippen LogP) is 8.90. The Morgan fingerprint density at radius 1 is 0.594 bits per heavy atom. The summed E-state index contributed by atoms with van der Waals surface area (Å²) < 4.78 is 70.5. The highest BCUT2D eigenvalue weighted by Gasteiger charge is 2.30. The molecule has 32 heavy (non-hydrogen) atoms. The summed E-state index contributed by atoms with van der Waals surface area (Å²) in [6.45, 7) is 2.19. The van der Waals surface area contributed by atoms with Crippen molar-refractivity contribution < 1.29 is 22.0 Å². The van der Waals surface area contributed by atoms with E-state index in [2.05, 4.69) is 6.92 Å². The summed E-state index contributed by atoms with van der Waals surface area (Å²) >= 11 is 0. The average molecular weight is 451 g/mol. The average Bonchev–Trinajstić information content (AvgIpc) is 2.78. The van der Waals surface area contributed by atoms with Crippen molar-refractivity contribution in [2.24, 2.45) is 5.92 Å². The third-order valence-electron chi connectivity index (χ3n) is 7.73. The molecule has 0 atom stereocenters. The molecule has 0 aliphatic heterocycles. The molecule has 0 saturated heterocycles. The van der Waals surface area contributed by atoms with Gasteiger partial charge in [0, 0.05) is 5.56 Å². The minimum atomic E-state index is -1.47. The molecule has 0 unspecified atom stereocenters. The highest BCUT2D eigenvalue weighted by atomic mass is 19.2. The first-order chi connectivity index (χ1) is 15.4. The van der Waals surface area contributed by atoms with Crippen LogP contribution in [0.5, 0.6) is 0 Å². The van der Waals surface area contributed by atoms with Crippen LogP contribution in [-0.4, -0.2) is 0 Å². The minimum absolute atomic E-state index is 0.139. The van der Waals surface area contributed by atoms with E-state index in [1.807, 2.05) is 0 Å². The van der Waals surface area contributed by atoms with Crippen LogP contribution >= 0.6 is 0 Å². The van der Waals surface area contributed by atoms with Crippen LogP contribution in [0, 0.1) is 35.0 Å². The van der Waals surface area contributed by atoms with Gasteiger partial charge in [0.05, 0.1) is 0 Å². The van der Waals surface area contributed by atoms with E-state index in [1.54, 1.807) is 0 Å². The van der Waals surface area contributed by atoms with Crippen molar-refractivity contribution in [2.75, 3.05) is 0 Å². The molecule has 0 bridgehead atoms. The summed E-state index contributed by atoms with van der Waals surface area (Å²) in [5.74, 6) is -4.24. The predicted molar refractivity (Wildman–Crippen MR) is 116 cm³/mol. The van der Waals surface area contributed by atoms with Gasteiger partial charge < -0.3 is 0 Å². The molecule has 174 valence electrons. The molecule has 0 spiro atoms. The Hall–Kier alpha value is -1.91. The second-order valence-electron chi connectivity index (χ2n) is 9.75. The van der Waals surface area contributed by atoms with E-state index in [-0.39, 0.29) is 23.3 Å². The van der Waals surface area contributed by atoms with Gasteiger partial charge in [-0.25, -0.2) is 22.0 Å². The lowest BCUT2D eigenvalue weighted by atomic mass is 9.74. The Morgan fingerprint density at radius 2 is 1.00 bits per heavy atom. The molecule has 2 aliphatic rings. The van der Waals surface area contributed by atoms with Crippen molar-refractivity contribution in [3.8, 4) is 0 Å². The van der Waals surface area contributed by atoms with E-state index in [1.165, 1.54) is 25.0 Å². The van der Waals surface area contributed by atoms with Gasteiger partial charge in [0.1, 0.15) is 11.6 Å². The molecular formula is C27H31F5. The Balaban J connectivity index is 1.43. The quantitative estimate of drug-likeness (QED) is 0.315. The monoisotopic (exact) mass is 450 g/mol. The first-order valence-electron chi connectivity index (χ1n) is 12.0. The maximum Gasteiger partial charge on any atom is 0.194 e. The van der Waals surface area contributed by atoms with E-state index in [0.29, 0.717) is 31.2 Å². The van der Waals surface area contributed by atoms with Gasteiger partial charge in [-0.3, -0.25) is 0 Å². The Morgan fingerprint density at radius 3 is 1.47 bits per heavy atom. The van der Waals surface area contributed by atoms with E-state index >= 15 is 8.78 Å². The van der Waals surface area contributed by atoms with Crippen LogP contribution in [0.25, 0.3) is 0 Å². The number of halogens is 5. The van der Waals surface area contributed by atoms with E-state index in [9.17, 15) is 13.2 Å². The molecule has 0 N–H and O–H groups in total. The summed E-state index contributed by atoms with van der Waals surface area (Å²) in [4.78, 5) is 0. The van der Waals surface area contributed by atoms with Gasteiger partial charge in [0.25, 0.3) is 0 Å². The van der Waals surface area contributed by atoms with Gasteiger partial charge in [0.15, 0.2) is 17.5 Å². The third-order valence-corrected chi connectivity index (χ3v) is 7.73. The van der Waals surface area contributed by atoms with Crippen molar-refractivity contribution in [3.63, 3.8) is 0 Å². The fourth-order valence-corrected chi connectivity index (χ4v) is 5.95. The molecule has 2 saturated carbocycles. The van der Waals surface area contributed by atoms with Crippen LogP contribution < -0.4 is 0 Å².